The Labute approximate surface area is 514 Å². The van der Waals surface area contributed by atoms with Crippen molar-refractivity contribution in [3.63, 3.8) is 0 Å². The highest BCUT2D eigenvalue weighted by Gasteiger charge is 2.28. The number of aliphatic hydroxyl groups is 1. The van der Waals surface area contributed by atoms with E-state index in [1.54, 1.807) is 6.08 Å². The van der Waals surface area contributed by atoms with Crippen molar-refractivity contribution in [2.24, 2.45) is 0 Å². The molecular weight excluding hydrogens is 1040 g/mol. The summed E-state index contributed by atoms with van der Waals surface area (Å²) in [4.78, 5) is 23.4. The highest BCUT2D eigenvalue weighted by Crippen LogP contribution is 2.43. The van der Waals surface area contributed by atoms with Crippen LogP contribution in [0.25, 0.3) is 0 Å². The average Bonchev–Trinajstić information content (AvgIpc) is 3.49. The van der Waals surface area contributed by atoms with Gasteiger partial charge in [0.1, 0.15) is 13.2 Å². The first kappa shape index (κ1) is 79.9. The van der Waals surface area contributed by atoms with Crippen molar-refractivity contribution in [1.82, 2.24) is 5.32 Å². The van der Waals surface area contributed by atoms with Crippen molar-refractivity contribution in [2.45, 2.75) is 302 Å². The molecule has 1 amide bonds. The van der Waals surface area contributed by atoms with Crippen molar-refractivity contribution in [2.75, 3.05) is 40.9 Å². The number of phosphoric ester groups is 1. The number of carbonyl (C=O) groups is 1. The summed E-state index contributed by atoms with van der Waals surface area (Å²) in [5.41, 5.74) is 0. The Morgan fingerprint density at radius 3 is 1.11 bits per heavy atom. The third-order valence-electron chi connectivity index (χ3n) is 14.9. The topological polar surface area (TPSA) is 105 Å². The molecule has 0 aromatic heterocycles. The first-order valence-corrected chi connectivity index (χ1v) is 35.9. The Kier molecular flexibility index (Phi) is 61.0. The maximum atomic E-state index is 13.0. The molecule has 0 radical (unpaired) electrons. The molecule has 3 N–H and O–H groups in total. The number of hydrogen-bond acceptors (Lipinski definition) is 5. The molecular formula is C74H132N2O6P+. The van der Waals surface area contributed by atoms with Crippen LogP contribution in [0.2, 0.25) is 0 Å². The maximum Gasteiger partial charge on any atom is 0.472 e. The first-order chi connectivity index (χ1) is 40.5. The van der Waals surface area contributed by atoms with E-state index < -0.39 is 20.0 Å². The van der Waals surface area contributed by atoms with Gasteiger partial charge >= 0.3 is 7.82 Å². The average molecular weight is 1180 g/mol. The van der Waals surface area contributed by atoms with Crippen LogP contribution in [0.5, 0.6) is 0 Å². The molecule has 3 unspecified atom stereocenters. The van der Waals surface area contributed by atoms with Crippen molar-refractivity contribution in [3.8, 4) is 0 Å². The molecule has 0 saturated carbocycles. The van der Waals surface area contributed by atoms with E-state index in [1.165, 1.54) is 180 Å². The summed E-state index contributed by atoms with van der Waals surface area (Å²) < 4.78 is 23.8. The number of nitrogens with zero attached hydrogens (tertiary/aromatic N) is 1. The van der Waals surface area contributed by atoms with Gasteiger partial charge in [-0.2, -0.15) is 0 Å². The molecule has 0 aliphatic rings. The molecule has 0 bridgehead atoms. The number of rotatable bonds is 62. The predicted octanol–water partition coefficient (Wildman–Crippen LogP) is 22.0. The second-order valence-corrected chi connectivity index (χ2v) is 25.6. The fourth-order valence-corrected chi connectivity index (χ4v) is 10.3. The molecule has 0 fully saturated rings. The van der Waals surface area contributed by atoms with Crippen LogP contribution in [0.3, 0.4) is 0 Å². The quantitative estimate of drug-likeness (QED) is 0.0243. The largest absolute Gasteiger partial charge is 0.472 e. The van der Waals surface area contributed by atoms with Crippen LogP contribution >= 0.6 is 7.82 Å². The van der Waals surface area contributed by atoms with Crippen LogP contribution in [-0.4, -0.2) is 73.4 Å². The Morgan fingerprint density at radius 2 is 0.735 bits per heavy atom. The predicted molar refractivity (Wildman–Crippen MR) is 364 cm³/mol. The van der Waals surface area contributed by atoms with E-state index in [9.17, 15) is 19.4 Å². The molecule has 9 heteroatoms. The first-order valence-electron chi connectivity index (χ1n) is 34.4. The van der Waals surface area contributed by atoms with Gasteiger partial charge in [0.25, 0.3) is 0 Å². The molecule has 0 spiro atoms. The lowest BCUT2D eigenvalue weighted by Gasteiger charge is -2.25. The fourth-order valence-electron chi connectivity index (χ4n) is 9.59. The van der Waals surface area contributed by atoms with E-state index in [0.29, 0.717) is 17.4 Å². The summed E-state index contributed by atoms with van der Waals surface area (Å²) in [6.07, 6.45) is 94.8. The van der Waals surface area contributed by atoms with Crippen molar-refractivity contribution in [3.05, 3.63) is 122 Å². The normalized spacial score (nSPS) is 14.4. The third-order valence-corrected chi connectivity index (χ3v) is 15.9. The summed E-state index contributed by atoms with van der Waals surface area (Å²) in [7, 11) is 1.54. The lowest BCUT2D eigenvalue weighted by molar-refractivity contribution is -0.870. The van der Waals surface area contributed by atoms with Crippen LogP contribution in [0.4, 0.5) is 0 Å². The molecule has 0 saturated heterocycles. The van der Waals surface area contributed by atoms with Gasteiger partial charge < -0.3 is 19.8 Å². The van der Waals surface area contributed by atoms with Crippen LogP contribution in [0.15, 0.2) is 122 Å². The lowest BCUT2D eigenvalue weighted by Crippen LogP contribution is -2.45. The number of nitrogens with one attached hydrogen (secondary N) is 1. The Balaban J connectivity index is 4.17. The summed E-state index contributed by atoms with van der Waals surface area (Å²) in [5, 5.41) is 14.0. The van der Waals surface area contributed by atoms with E-state index >= 15 is 0 Å². The molecule has 0 aromatic rings. The lowest BCUT2D eigenvalue weighted by atomic mass is 10.0. The fraction of sp³-hybridized carbons (Fsp3) is 0.716. The molecule has 0 heterocycles. The van der Waals surface area contributed by atoms with Gasteiger partial charge in [-0.1, -0.05) is 302 Å². The SMILES string of the molecule is CC/C=C\C/C=C\C/C=C\C/C=C\C/C=C\C/C=C\C/C=C\CCCCCCCCCCCCCCCC(=O)NC(COP(=O)(O)OCC[N+](C)(C)C)C(O)/C=C/CC/C=C/CC/C=C/CCCCCCCCCCCCCCCCCC. The number of phosphoric acid groups is 1. The van der Waals surface area contributed by atoms with Gasteiger partial charge in [0.2, 0.25) is 5.91 Å². The number of carbonyl (C=O) groups excluding carboxylic acids is 1. The van der Waals surface area contributed by atoms with Crippen molar-refractivity contribution in [1.29, 1.82) is 0 Å². The number of likely N-dealkylation sites (N-methyl/N-ethyl adjacent to an activating group) is 1. The minimum atomic E-state index is -4.37. The van der Waals surface area contributed by atoms with Crippen LogP contribution < -0.4 is 5.32 Å². The van der Waals surface area contributed by atoms with Gasteiger partial charge in [-0.25, -0.2) is 4.57 Å². The van der Waals surface area contributed by atoms with Gasteiger partial charge in [-0.3, -0.25) is 13.8 Å². The van der Waals surface area contributed by atoms with Crippen molar-refractivity contribution < 1.29 is 32.9 Å². The van der Waals surface area contributed by atoms with Crippen molar-refractivity contribution >= 4 is 13.7 Å². The van der Waals surface area contributed by atoms with E-state index in [-0.39, 0.29) is 19.1 Å². The highest BCUT2D eigenvalue weighted by atomic mass is 31.2. The molecule has 3 atom stereocenters. The van der Waals surface area contributed by atoms with E-state index in [2.05, 4.69) is 129 Å². The zero-order valence-corrected chi connectivity index (χ0v) is 55.5. The Bertz CT molecular complexity index is 1770. The third kappa shape index (κ3) is 66.3. The Morgan fingerprint density at radius 1 is 0.422 bits per heavy atom. The molecule has 0 aliphatic heterocycles. The van der Waals surface area contributed by atoms with Gasteiger partial charge in [-0.15, -0.1) is 0 Å². The maximum absolute atomic E-state index is 13.0. The molecule has 478 valence electrons. The van der Waals surface area contributed by atoms with Crippen LogP contribution in [0, 0.1) is 0 Å². The zero-order valence-electron chi connectivity index (χ0n) is 54.7. The number of hydrogen-bond donors (Lipinski definition) is 3. The number of unbranched alkanes of at least 4 members (excludes halogenated alkanes) is 31. The van der Waals surface area contributed by atoms with E-state index in [0.717, 1.165) is 89.9 Å². The van der Waals surface area contributed by atoms with Gasteiger partial charge in [0, 0.05) is 6.42 Å². The number of quaternary nitrogens is 1. The van der Waals surface area contributed by atoms with Gasteiger partial charge in [-0.05, 0) is 103 Å². The Hall–Kier alpha value is -3.10. The highest BCUT2D eigenvalue weighted by molar-refractivity contribution is 7.47. The van der Waals surface area contributed by atoms with Gasteiger partial charge in [0.05, 0.1) is 39.9 Å². The zero-order chi connectivity index (χ0) is 60.5. The summed E-state index contributed by atoms with van der Waals surface area (Å²) in [6.45, 7) is 4.69. The standard InChI is InChI=1S/C74H131N2O6P/c1-6-8-10-12-14-16-18-20-22-24-26-28-30-32-34-35-36-37-38-39-40-41-42-44-46-48-50-52-54-56-58-60-62-64-66-68-74(78)75-72(71-82-83(79,80)81-70-69-76(3,4)5)73(77)67-65-63-61-59-57-55-53-51-49-47-45-43-33-31-29-27-25-23-21-19-17-15-13-11-9-7-2/h8,10,14,16,20,22,26,28,32,34,36-37,39-40,49,51,57,59,65,67,72-73,77H,6-7,9,11-13,15,17-19,21,23-25,27,29-31,33,35,38,41-48,50,52-56,58,60-64,66,68-71H2,1-5H3,(H-,75,78,79,80)/p+1/b10-8-,16-14-,22-20-,28-26-,34-32-,37-36-,40-39-,51-49+,59-57+,67-65+. The smallest absolute Gasteiger partial charge is 0.387 e. The molecule has 83 heavy (non-hydrogen) atoms. The number of allylic oxidation sites excluding steroid dienone is 19. The van der Waals surface area contributed by atoms with E-state index in [4.69, 9.17) is 9.05 Å². The second-order valence-electron chi connectivity index (χ2n) is 24.2. The van der Waals surface area contributed by atoms with Gasteiger partial charge in [0.15, 0.2) is 0 Å². The summed E-state index contributed by atoms with van der Waals surface area (Å²) in [5.74, 6) is -0.194. The van der Waals surface area contributed by atoms with Crippen LogP contribution in [0.1, 0.15) is 290 Å². The summed E-state index contributed by atoms with van der Waals surface area (Å²) >= 11 is 0. The minimum absolute atomic E-state index is 0.0486. The molecule has 0 rings (SSSR count). The van der Waals surface area contributed by atoms with Crippen LogP contribution in [-0.2, 0) is 18.4 Å². The molecule has 8 nitrogen and oxygen atoms in total. The number of amides is 1. The molecule has 0 aromatic carbocycles. The molecule has 0 aliphatic carbocycles. The monoisotopic (exact) mass is 1180 g/mol. The second kappa shape index (κ2) is 63.4. The summed E-state index contributed by atoms with van der Waals surface area (Å²) in [6, 6.07) is -0.880. The minimum Gasteiger partial charge on any atom is -0.387 e. The van der Waals surface area contributed by atoms with E-state index in [1.807, 2.05) is 27.2 Å². The number of aliphatic hydroxyl groups excluding tert-OH is 1.